The molecule has 7 heteroatoms. The van der Waals surface area contributed by atoms with E-state index in [-0.39, 0.29) is 17.9 Å². The molecule has 1 aliphatic heterocycles. The summed E-state index contributed by atoms with van der Waals surface area (Å²) < 4.78 is 0. The van der Waals surface area contributed by atoms with Crippen LogP contribution in [-0.2, 0) is 4.79 Å². The van der Waals surface area contributed by atoms with Crippen LogP contribution in [-0.4, -0.2) is 47.6 Å². The van der Waals surface area contributed by atoms with Crippen LogP contribution in [0.5, 0.6) is 0 Å². The van der Waals surface area contributed by atoms with Gasteiger partial charge in [0.05, 0.1) is 17.5 Å². The van der Waals surface area contributed by atoms with Gasteiger partial charge >= 0.3 is 0 Å². The zero-order valence-corrected chi connectivity index (χ0v) is 14.6. The van der Waals surface area contributed by atoms with Crippen LogP contribution in [0.15, 0.2) is 41.8 Å². The molecular weight excluding hydrogens is 338 g/mol. The molecule has 3 rings (SSSR count). The van der Waals surface area contributed by atoms with Gasteiger partial charge in [-0.15, -0.1) is 11.3 Å². The number of anilines is 2. The molecule has 0 saturated carbocycles. The number of thiophene rings is 1. The second-order valence-corrected chi connectivity index (χ2v) is 7.01. The molecule has 0 bridgehead atoms. The second kappa shape index (κ2) is 8.24. The van der Waals surface area contributed by atoms with E-state index in [0.29, 0.717) is 35.6 Å². The number of nitrogens with zero attached hydrogens (tertiary/aromatic N) is 1. The molecular formula is C18H21N3O3S. The minimum Gasteiger partial charge on any atom is -0.393 e. The van der Waals surface area contributed by atoms with Crippen molar-refractivity contribution in [3.8, 4) is 0 Å². The maximum Gasteiger partial charge on any atom is 0.265 e. The normalized spacial score (nSPS) is 15.7. The van der Waals surface area contributed by atoms with Crippen LogP contribution >= 0.6 is 11.3 Å². The highest BCUT2D eigenvalue weighted by Crippen LogP contribution is 2.17. The number of hydrogen-bond donors (Lipinski definition) is 3. The molecule has 1 fully saturated rings. The average Bonchev–Trinajstić information content (AvgIpc) is 3.13. The molecule has 25 heavy (non-hydrogen) atoms. The lowest BCUT2D eigenvalue weighted by molar-refractivity contribution is -0.117. The fraction of sp³-hybridized carbons (Fsp3) is 0.333. The van der Waals surface area contributed by atoms with E-state index in [2.05, 4.69) is 10.6 Å². The summed E-state index contributed by atoms with van der Waals surface area (Å²) in [5.74, 6) is -0.217. The first-order chi connectivity index (χ1) is 12.1. The van der Waals surface area contributed by atoms with Crippen molar-refractivity contribution in [2.24, 2.45) is 0 Å². The molecule has 0 spiro atoms. The molecule has 1 aromatic carbocycles. The number of nitrogens with one attached hydrogen (secondary N) is 2. The van der Waals surface area contributed by atoms with Gasteiger partial charge in [0.25, 0.3) is 5.91 Å². The number of likely N-dealkylation sites (tertiary alicyclic amines) is 1. The van der Waals surface area contributed by atoms with Crippen LogP contribution in [0.2, 0.25) is 0 Å². The third-order valence-corrected chi connectivity index (χ3v) is 4.96. The third-order valence-electron chi connectivity index (χ3n) is 4.10. The van der Waals surface area contributed by atoms with Crippen molar-refractivity contribution in [1.82, 2.24) is 4.90 Å². The largest absolute Gasteiger partial charge is 0.393 e. The Morgan fingerprint density at radius 2 is 1.72 bits per heavy atom. The lowest BCUT2D eigenvalue weighted by atomic mass is 10.1. The number of hydrogen-bond acceptors (Lipinski definition) is 5. The lowest BCUT2D eigenvalue weighted by Gasteiger charge is -2.28. The first kappa shape index (κ1) is 17.6. The molecule has 132 valence electrons. The summed E-state index contributed by atoms with van der Waals surface area (Å²) in [6.07, 6.45) is 1.19. The number of benzene rings is 1. The van der Waals surface area contributed by atoms with Crippen molar-refractivity contribution < 1.29 is 14.7 Å². The van der Waals surface area contributed by atoms with Crippen molar-refractivity contribution in [3.63, 3.8) is 0 Å². The fourth-order valence-corrected chi connectivity index (χ4v) is 3.34. The van der Waals surface area contributed by atoms with Gasteiger partial charge in [-0.3, -0.25) is 14.5 Å². The third kappa shape index (κ3) is 5.12. The maximum absolute atomic E-state index is 12.1. The summed E-state index contributed by atoms with van der Waals surface area (Å²) in [6.45, 7) is 1.80. The van der Waals surface area contributed by atoms with E-state index in [4.69, 9.17) is 0 Å². The molecule has 2 aromatic rings. The molecule has 0 unspecified atom stereocenters. The smallest absolute Gasteiger partial charge is 0.265 e. The summed E-state index contributed by atoms with van der Waals surface area (Å²) in [5.41, 5.74) is 1.37. The van der Waals surface area contributed by atoms with Gasteiger partial charge in [0.2, 0.25) is 5.91 Å². The van der Waals surface area contributed by atoms with Gasteiger partial charge in [-0.1, -0.05) is 6.07 Å². The Morgan fingerprint density at radius 1 is 1.08 bits per heavy atom. The molecule has 0 aliphatic carbocycles. The first-order valence-corrected chi connectivity index (χ1v) is 9.13. The maximum atomic E-state index is 12.1. The molecule has 1 saturated heterocycles. The molecule has 2 amide bonds. The van der Waals surface area contributed by atoms with Crippen LogP contribution in [0, 0.1) is 0 Å². The standard InChI is InChI=1S/C18H21N3O3S/c22-15-7-9-21(10-8-15)12-17(23)19-13-3-5-14(6-4-13)20-18(24)16-2-1-11-25-16/h1-6,11,15,22H,7-10,12H2,(H,19,23)(H,20,24). The quantitative estimate of drug-likeness (QED) is 0.766. The SMILES string of the molecule is O=C(CN1CCC(O)CC1)Nc1ccc(NC(=O)c2cccs2)cc1. The van der Waals surface area contributed by atoms with Crippen LogP contribution in [0.4, 0.5) is 11.4 Å². The van der Waals surface area contributed by atoms with Crippen molar-refractivity contribution in [1.29, 1.82) is 0 Å². The highest BCUT2D eigenvalue weighted by Gasteiger charge is 2.18. The van der Waals surface area contributed by atoms with E-state index in [1.807, 2.05) is 16.3 Å². The van der Waals surface area contributed by atoms with Gasteiger partial charge in [0.15, 0.2) is 0 Å². The Balaban J connectivity index is 1.48. The average molecular weight is 359 g/mol. The van der Waals surface area contributed by atoms with E-state index < -0.39 is 0 Å². The number of carbonyl (C=O) groups excluding carboxylic acids is 2. The van der Waals surface area contributed by atoms with Gasteiger partial charge in [-0.2, -0.15) is 0 Å². The highest BCUT2D eigenvalue weighted by molar-refractivity contribution is 7.12. The summed E-state index contributed by atoms with van der Waals surface area (Å²) in [5, 5.41) is 17.0. The summed E-state index contributed by atoms with van der Waals surface area (Å²) >= 11 is 1.39. The van der Waals surface area contributed by atoms with E-state index in [0.717, 1.165) is 13.1 Å². The van der Waals surface area contributed by atoms with Crippen LogP contribution in [0.25, 0.3) is 0 Å². The van der Waals surface area contributed by atoms with Gasteiger partial charge < -0.3 is 15.7 Å². The minimum absolute atomic E-state index is 0.0771. The zero-order valence-electron chi connectivity index (χ0n) is 13.8. The molecule has 1 aliphatic rings. The molecule has 1 aromatic heterocycles. The van der Waals surface area contributed by atoms with Crippen LogP contribution in [0.3, 0.4) is 0 Å². The van der Waals surface area contributed by atoms with Crippen molar-refractivity contribution in [3.05, 3.63) is 46.7 Å². The number of piperidine rings is 1. The Kier molecular flexibility index (Phi) is 5.80. The van der Waals surface area contributed by atoms with E-state index >= 15 is 0 Å². The Labute approximate surface area is 150 Å². The summed E-state index contributed by atoms with van der Waals surface area (Å²) in [6, 6.07) is 10.7. The summed E-state index contributed by atoms with van der Waals surface area (Å²) in [4.78, 5) is 26.8. The highest BCUT2D eigenvalue weighted by atomic mass is 32.1. The van der Waals surface area contributed by atoms with E-state index in [9.17, 15) is 14.7 Å². The predicted octanol–water partition coefficient (Wildman–Crippen LogP) is 2.40. The Bertz CT molecular complexity index is 708. The van der Waals surface area contributed by atoms with Gasteiger partial charge in [0, 0.05) is 24.5 Å². The Hall–Kier alpha value is -2.22. The fourth-order valence-electron chi connectivity index (χ4n) is 2.72. The zero-order chi connectivity index (χ0) is 17.6. The van der Waals surface area contributed by atoms with Crippen LogP contribution in [0.1, 0.15) is 22.5 Å². The molecule has 6 nitrogen and oxygen atoms in total. The number of aliphatic hydroxyl groups excluding tert-OH is 1. The van der Waals surface area contributed by atoms with Gasteiger partial charge in [-0.25, -0.2) is 0 Å². The van der Waals surface area contributed by atoms with Gasteiger partial charge in [0.1, 0.15) is 0 Å². The summed E-state index contributed by atoms with van der Waals surface area (Å²) in [7, 11) is 0. The monoisotopic (exact) mass is 359 g/mol. The number of amides is 2. The van der Waals surface area contributed by atoms with Crippen LogP contribution < -0.4 is 10.6 Å². The van der Waals surface area contributed by atoms with Crippen molar-refractivity contribution >= 4 is 34.5 Å². The lowest BCUT2D eigenvalue weighted by Crippen LogP contribution is -2.40. The van der Waals surface area contributed by atoms with E-state index in [1.165, 1.54) is 11.3 Å². The molecule has 0 radical (unpaired) electrons. The number of rotatable bonds is 5. The molecule has 2 heterocycles. The van der Waals surface area contributed by atoms with Crippen molar-refractivity contribution in [2.75, 3.05) is 30.3 Å². The van der Waals surface area contributed by atoms with E-state index in [1.54, 1.807) is 30.3 Å². The first-order valence-electron chi connectivity index (χ1n) is 8.25. The topological polar surface area (TPSA) is 81.7 Å². The number of aliphatic hydroxyl groups is 1. The number of carbonyl (C=O) groups is 2. The van der Waals surface area contributed by atoms with Gasteiger partial charge in [-0.05, 0) is 48.6 Å². The van der Waals surface area contributed by atoms with Crippen molar-refractivity contribution in [2.45, 2.75) is 18.9 Å². The second-order valence-electron chi connectivity index (χ2n) is 6.06. The Morgan fingerprint density at radius 3 is 2.32 bits per heavy atom. The minimum atomic E-state index is -0.240. The predicted molar refractivity (Wildman–Crippen MR) is 99.0 cm³/mol. The molecule has 3 N–H and O–H groups in total. The molecule has 0 atom stereocenters.